The molecule has 0 saturated heterocycles. The fourth-order valence-corrected chi connectivity index (χ4v) is 7.07. The van der Waals surface area contributed by atoms with Crippen molar-refractivity contribution in [1.82, 2.24) is 4.98 Å². The van der Waals surface area contributed by atoms with Crippen LogP contribution < -0.4 is 0 Å². The van der Waals surface area contributed by atoms with Gasteiger partial charge in [0.1, 0.15) is 0 Å². The van der Waals surface area contributed by atoms with Gasteiger partial charge in [-0.3, -0.25) is 9.78 Å². The maximum Gasteiger partial charge on any atom is 0.273 e. The molecule has 1 aromatic heterocycles. The molecule has 1 aliphatic rings. The van der Waals surface area contributed by atoms with Crippen LogP contribution in [-0.4, -0.2) is 15.9 Å². The maximum absolute atomic E-state index is 14.3. The smallest absolute Gasteiger partial charge is 0.273 e. The van der Waals surface area contributed by atoms with E-state index >= 15 is 0 Å². The number of nitrogens with zero attached hydrogens (tertiary/aromatic N) is 1. The summed E-state index contributed by atoms with van der Waals surface area (Å²) in [6.45, 7) is 14.7. The van der Waals surface area contributed by atoms with E-state index in [1.165, 1.54) is 17.0 Å². The van der Waals surface area contributed by atoms with Crippen LogP contribution in [0.25, 0.3) is 44.1 Å². The monoisotopic (exact) mass is 867 g/mol. The first-order valence-corrected chi connectivity index (χ1v) is 18.1. The molecular formula is C45H50F2IrNO2-. The number of carbonyl (C=O) groups is 1. The molecule has 6 rings (SSSR count). The summed E-state index contributed by atoms with van der Waals surface area (Å²) >= 11 is 0. The average molecular weight is 867 g/mol. The van der Waals surface area contributed by atoms with Crippen LogP contribution in [0.15, 0.2) is 90.7 Å². The molecule has 6 heteroatoms. The number of allylic oxidation sites excluding steroid dienone is 2. The van der Waals surface area contributed by atoms with Crippen LogP contribution in [0.5, 0.6) is 0 Å². The van der Waals surface area contributed by atoms with Crippen molar-refractivity contribution in [1.29, 1.82) is 0 Å². The summed E-state index contributed by atoms with van der Waals surface area (Å²) in [6.07, 6.45) is 5.19. The minimum atomic E-state index is -2.73. The number of aliphatic hydroxyl groups excluding tert-OH is 1. The van der Waals surface area contributed by atoms with Crippen LogP contribution in [0.1, 0.15) is 97.3 Å². The molecule has 1 N–H and O–H groups in total. The van der Waals surface area contributed by atoms with Gasteiger partial charge in [-0.1, -0.05) is 120 Å². The first-order chi connectivity index (χ1) is 23.8. The fourth-order valence-electron chi connectivity index (χ4n) is 7.07. The summed E-state index contributed by atoms with van der Waals surface area (Å²) in [7, 11) is 0. The third-order valence-corrected chi connectivity index (χ3v) is 10.2. The Morgan fingerprint density at radius 3 is 2.16 bits per heavy atom. The van der Waals surface area contributed by atoms with Gasteiger partial charge in [0.15, 0.2) is 5.78 Å². The van der Waals surface area contributed by atoms with Crippen LogP contribution in [0.2, 0.25) is 0 Å². The van der Waals surface area contributed by atoms with Gasteiger partial charge in [-0.2, -0.15) is 0 Å². The summed E-state index contributed by atoms with van der Waals surface area (Å²) in [5, 5.41) is 13.0. The number of hydrogen-bond acceptors (Lipinski definition) is 3. The van der Waals surface area contributed by atoms with Crippen molar-refractivity contribution < 1.29 is 38.8 Å². The molecule has 0 bridgehead atoms. The third-order valence-electron chi connectivity index (χ3n) is 10.2. The molecule has 0 aliphatic heterocycles. The number of aryl methyl sites for hydroxylation is 1. The Bertz CT molecular complexity index is 2020. The minimum Gasteiger partial charge on any atom is -0.512 e. The first-order valence-electron chi connectivity index (χ1n) is 18.1. The number of pyridine rings is 1. The molecule has 1 heterocycles. The summed E-state index contributed by atoms with van der Waals surface area (Å²) in [6, 6.07) is 29.6. The number of fused-ring (bicyclic) bond motifs is 3. The number of rotatable bonds is 9. The summed E-state index contributed by atoms with van der Waals surface area (Å²) in [5.41, 5.74) is 6.70. The van der Waals surface area contributed by atoms with E-state index in [2.05, 4.69) is 57.2 Å². The van der Waals surface area contributed by atoms with Crippen LogP contribution in [0.3, 0.4) is 0 Å². The molecule has 5 aromatic rings. The topological polar surface area (TPSA) is 50.2 Å². The number of halogens is 2. The number of aliphatic hydroxyl groups is 1. The molecule has 0 atom stereocenters. The Labute approximate surface area is 316 Å². The van der Waals surface area contributed by atoms with Crippen molar-refractivity contribution in [3.63, 3.8) is 0 Å². The van der Waals surface area contributed by atoms with Gasteiger partial charge in [0, 0.05) is 61.1 Å². The average Bonchev–Trinajstić information content (AvgIpc) is 3.41. The molecule has 0 fully saturated rings. The molecule has 0 unspecified atom stereocenters. The zero-order valence-corrected chi connectivity index (χ0v) is 33.3. The zero-order valence-electron chi connectivity index (χ0n) is 30.9. The van der Waals surface area contributed by atoms with Gasteiger partial charge in [0.2, 0.25) is 0 Å². The molecule has 0 saturated carbocycles. The van der Waals surface area contributed by atoms with Crippen LogP contribution in [0.4, 0.5) is 8.78 Å². The van der Waals surface area contributed by atoms with E-state index in [-0.39, 0.29) is 60.9 Å². The molecule has 0 spiro atoms. The van der Waals surface area contributed by atoms with Gasteiger partial charge in [-0.25, -0.2) is 8.78 Å². The minimum absolute atomic E-state index is 0. The van der Waals surface area contributed by atoms with E-state index in [0.717, 1.165) is 69.9 Å². The fraction of sp³-hybridized carbons (Fsp3) is 0.378. The predicted molar refractivity (Wildman–Crippen MR) is 204 cm³/mol. The van der Waals surface area contributed by atoms with Gasteiger partial charge >= 0.3 is 0 Å². The van der Waals surface area contributed by atoms with Gasteiger partial charge in [-0.15, -0.1) is 29.1 Å². The molecule has 51 heavy (non-hydrogen) atoms. The van der Waals surface area contributed by atoms with Crippen molar-refractivity contribution in [2.24, 2.45) is 11.8 Å². The molecule has 4 aromatic carbocycles. The Balaban J connectivity index is 0.000000312. The zero-order chi connectivity index (χ0) is 36.2. The van der Waals surface area contributed by atoms with Gasteiger partial charge < -0.3 is 5.11 Å². The van der Waals surface area contributed by atoms with Crippen molar-refractivity contribution in [3.05, 3.63) is 113 Å². The van der Waals surface area contributed by atoms with E-state index in [4.69, 9.17) is 4.98 Å². The second-order valence-electron chi connectivity index (χ2n) is 14.5. The quantitative estimate of drug-likeness (QED) is 0.0912. The van der Waals surface area contributed by atoms with E-state index in [0.29, 0.717) is 6.42 Å². The molecule has 0 amide bonds. The Morgan fingerprint density at radius 1 is 0.882 bits per heavy atom. The SMILES string of the molecule is CC(C)(C)c1cc(-c2cc(-c3ccc4c(c3)CCC4(F)F)c3ccccc3n2)[c-]c2ccccc12.CCC(CC)C(=O)/C=C(\O)C(CC)CC.[Ir]. The molecular weight excluding hydrogens is 817 g/mol. The van der Waals surface area contributed by atoms with Crippen molar-refractivity contribution >= 4 is 27.5 Å². The molecule has 1 radical (unpaired) electrons. The van der Waals surface area contributed by atoms with Gasteiger partial charge in [0.25, 0.3) is 5.92 Å². The summed E-state index contributed by atoms with van der Waals surface area (Å²) in [5.74, 6) is -2.19. The molecule has 271 valence electrons. The van der Waals surface area contributed by atoms with Crippen molar-refractivity contribution in [3.8, 4) is 22.4 Å². The number of ketones is 1. The van der Waals surface area contributed by atoms with Crippen LogP contribution in [0, 0.1) is 17.9 Å². The number of aromatic nitrogens is 1. The normalized spacial score (nSPS) is 14.0. The molecule has 3 nitrogen and oxygen atoms in total. The van der Waals surface area contributed by atoms with Crippen LogP contribution >= 0.6 is 0 Å². The summed E-state index contributed by atoms with van der Waals surface area (Å²) in [4.78, 5) is 16.7. The third kappa shape index (κ3) is 8.84. The first kappa shape index (κ1) is 40.0. The number of benzene rings is 4. The Morgan fingerprint density at radius 2 is 1.51 bits per heavy atom. The van der Waals surface area contributed by atoms with Crippen LogP contribution in [-0.2, 0) is 42.7 Å². The number of carbonyl (C=O) groups excluding carboxylic acids is 1. The van der Waals surface area contributed by atoms with Crippen molar-refractivity contribution in [2.75, 3.05) is 0 Å². The van der Waals surface area contributed by atoms with Gasteiger partial charge in [0.05, 0.1) is 11.3 Å². The predicted octanol–water partition coefficient (Wildman–Crippen LogP) is 12.7. The second-order valence-corrected chi connectivity index (χ2v) is 14.5. The number of alkyl halides is 2. The van der Waals surface area contributed by atoms with E-state index in [1.54, 1.807) is 6.07 Å². The van der Waals surface area contributed by atoms with Gasteiger partial charge in [-0.05, 0) is 60.3 Å². The molecule has 1 aliphatic carbocycles. The number of para-hydroxylation sites is 1. The van der Waals surface area contributed by atoms with E-state index < -0.39 is 5.92 Å². The summed E-state index contributed by atoms with van der Waals surface area (Å²) < 4.78 is 28.5. The van der Waals surface area contributed by atoms with E-state index in [9.17, 15) is 18.7 Å². The largest absolute Gasteiger partial charge is 0.512 e. The van der Waals surface area contributed by atoms with E-state index in [1.807, 2.05) is 70.2 Å². The number of hydrogen-bond donors (Lipinski definition) is 1. The van der Waals surface area contributed by atoms with Crippen molar-refractivity contribution in [2.45, 2.75) is 98.3 Å². The maximum atomic E-state index is 14.3. The second kappa shape index (κ2) is 16.7. The Hall–Kier alpha value is -3.73. The Kier molecular flexibility index (Phi) is 13.1. The standard InChI is InChI=1S/C32H26F2N.C13H24O2.Ir/c1-31(2,3)28-18-23(17-20-8-4-5-9-24(20)28)30-19-26(25-10-6-7-11-29(25)35-30)21-12-13-27-22(16-21)14-15-32(27,33)34;1-5-10(6-2)12(14)9-13(15)11(7-3)8-4;/h4-13,16,18-19H,14-15H2,1-3H3;9-11,14H,5-8H2,1-4H3;/q-1;;/b;12-9-;.